The summed E-state index contributed by atoms with van der Waals surface area (Å²) in [5.41, 5.74) is 4.99. The first-order chi connectivity index (χ1) is 9.49. The molecule has 0 fully saturated rings. The molecule has 0 spiro atoms. The number of rotatable bonds is 4. The van der Waals surface area contributed by atoms with E-state index < -0.39 is 0 Å². The molecule has 0 heterocycles. The van der Waals surface area contributed by atoms with E-state index >= 15 is 0 Å². The Morgan fingerprint density at radius 1 is 1.00 bits per heavy atom. The number of halogens is 4. The zero-order valence-corrected chi connectivity index (χ0v) is 15.0. The molecule has 0 aromatic heterocycles. The summed E-state index contributed by atoms with van der Waals surface area (Å²) in [5.74, 6) is 5.68. The molecule has 0 aliphatic heterocycles. The van der Waals surface area contributed by atoms with E-state index in [1.54, 1.807) is 6.07 Å². The van der Waals surface area contributed by atoms with Gasteiger partial charge in [-0.05, 0) is 47.9 Å². The fraction of sp³-hybridized carbons (Fsp3) is 0.143. The average Bonchev–Trinajstić information content (AvgIpc) is 2.38. The van der Waals surface area contributed by atoms with Gasteiger partial charge in [-0.25, -0.2) is 0 Å². The summed E-state index contributed by atoms with van der Waals surface area (Å²) in [7, 11) is 0. The summed E-state index contributed by atoms with van der Waals surface area (Å²) in [4.78, 5) is 0. The Morgan fingerprint density at radius 3 is 2.20 bits per heavy atom. The van der Waals surface area contributed by atoms with Crippen LogP contribution in [-0.2, 0) is 6.42 Å². The third-order valence-corrected chi connectivity index (χ3v) is 4.57. The largest absolute Gasteiger partial charge is 0.271 e. The van der Waals surface area contributed by atoms with Crippen LogP contribution in [0.2, 0.25) is 10.0 Å². The molecule has 6 heteroatoms. The molecule has 1 unspecified atom stereocenters. The van der Waals surface area contributed by atoms with E-state index in [0.717, 1.165) is 26.5 Å². The zero-order valence-electron chi connectivity index (χ0n) is 10.3. The first kappa shape index (κ1) is 16.3. The molecular formula is C14H12Br2Cl2N2. The highest BCUT2D eigenvalue weighted by molar-refractivity contribution is 9.11. The molecule has 2 aromatic carbocycles. The minimum Gasteiger partial charge on any atom is -0.271 e. The molecule has 20 heavy (non-hydrogen) atoms. The normalized spacial score (nSPS) is 12.4. The van der Waals surface area contributed by atoms with Crippen LogP contribution in [0.5, 0.6) is 0 Å². The van der Waals surface area contributed by atoms with Gasteiger partial charge >= 0.3 is 0 Å². The molecule has 2 nitrogen and oxygen atoms in total. The fourth-order valence-electron chi connectivity index (χ4n) is 1.95. The monoisotopic (exact) mass is 436 g/mol. The van der Waals surface area contributed by atoms with Crippen LogP contribution >= 0.6 is 55.1 Å². The second-order valence-electron chi connectivity index (χ2n) is 4.37. The van der Waals surface area contributed by atoms with Gasteiger partial charge in [-0.2, -0.15) is 0 Å². The van der Waals surface area contributed by atoms with E-state index in [4.69, 9.17) is 29.0 Å². The van der Waals surface area contributed by atoms with Crippen LogP contribution in [0.1, 0.15) is 17.2 Å². The van der Waals surface area contributed by atoms with Crippen LogP contribution in [0.3, 0.4) is 0 Å². The lowest BCUT2D eigenvalue weighted by Crippen LogP contribution is -2.29. The number of hydrazine groups is 1. The molecule has 0 amide bonds. The standard InChI is InChI=1S/C14H12Br2Cl2N2/c15-10-5-9(6-11(16)7-10)14(20-19)4-8-1-2-12(17)13(18)3-8/h1-3,5-7,14,20H,4,19H2. The highest BCUT2D eigenvalue weighted by Gasteiger charge is 2.13. The smallest absolute Gasteiger partial charge is 0.0595 e. The number of hydrogen-bond acceptors (Lipinski definition) is 2. The lowest BCUT2D eigenvalue weighted by atomic mass is 9.99. The summed E-state index contributed by atoms with van der Waals surface area (Å²) in [6.07, 6.45) is 0.719. The molecular weight excluding hydrogens is 427 g/mol. The fourth-order valence-corrected chi connectivity index (χ4v) is 3.60. The third kappa shape index (κ3) is 4.20. The minimum atomic E-state index is -0.0129. The number of nitrogens with two attached hydrogens (primary N) is 1. The number of benzene rings is 2. The quantitative estimate of drug-likeness (QED) is 0.504. The number of nitrogens with one attached hydrogen (secondary N) is 1. The molecule has 0 saturated carbocycles. The third-order valence-electron chi connectivity index (χ3n) is 2.91. The SMILES string of the molecule is NNC(Cc1ccc(Cl)c(Cl)c1)c1cc(Br)cc(Br)c1. The van der Waals surface area contributed by atoms with Gasteiger partial charge in [-0.15, -0.1) is 0 Å². The van der Waals surface area contributed by atoms with Gasteiger partial charge < -0.3 is 0 Å². The maximum atomic E-state index is 6.04. The Morgan fingerprint density at radius 2 is 1.65 bits per heavy atom. The zero-order chi connectivity index (χ0) is 14.7. The van der Waals surface area contributed by atoms with Gasteiger partial charge in [0.15, 0.2) is 0 Å². The summed E-state index contributed by atoms with van der Waals surface area (Å²) in [6.45, 7) is 0. The highest BCUT2D eigenvalue weighted by Crippen LogP contribution is 2.28. The van der Waals surface area contributed by atoms with Crippen molar-refractivity contribution in [1.82, 2.24) is 5.43 Å². The molecule has 3 N–H and O–H groups in total. The van der Waals surface area contributed by atoms with E-state index in [0.29, 0.717) is 10.0 Å². The van der Waals surface area contributed by atoms with Crippen molar-refractivity contribution in [3.05, 3.63) is 66.5 Å². The topological polar surface area (TPSA) is 38.0 Å². The van der Waals surface area contributed by atoms with E-state index in [-0.39, 0.29) is 6.04 Å². The van der Waals surface area contributed by atoms with E-state index in [9.17, 15) is 0 Å². The lowest BCUT2D eigenvalue weighted by Gasteiger charge is -2.17. The Bertz CT molecular complexity index is 600. The maximum Gasteiger partial charge on any atom is 0.0595 e. The van der Waals surface area contributed by atoms with Crippen LogP contribution in [0, 0.1) is 0 Å². The van der Waals surface area contributed by atoms with Crippen molar-refractivity contribution in [1.29, 1.82) is 0 Å². The summed E-state index contributed by atoms with van der Waals surface area (Å²) in [5, 5.41) is 1.10. The van der Waals surface area contributed by atoms with Crippen LogP contribution in [-0.4, -0.2) is 0 Å². The Hall–Kier alpha value is -0.100. The molecule has 0 bridgehead atoms. The van der Waals surface area contributed by atoms with Crippen LogP contribution in [0.15, 0.2) is 45.3 Å². The molecule has 2 aromatic rings. The Balaban J connectivity index is 2.26. The van der Waals surface area contributed by atoms with Crippen LogP contribution in [0.4, 0.5) is 0 Å². The van der Waals surface area contributed by atoms with Gasteiger partial charge in [-0.1, -0.05) is 61.1 Å². The van der Waals surface area contributed by atoms with E-state index in [2.05, 4.69) is 37.3 Å². The first-order valence-corrected chi connectivity index (χ1v) is 8.20. The van der Waals surface area contributed by atoms with Crippen LogP contribution < -0.4 is 11.3 Å². The molecule has 1 atom stereocenters. The van der Waals surface area contributed by atoms with Gasteiger partial charge in [0.1, 0.15) is 0 Å². The summed E-state index contributed by atoms with van der Waals surface area (Å²) < 4.78 is 1.99. The molecule has 0 aliphatic rings. The first-order valence-electron chi connectivity index (χ1n) is 5.85. The van der Waals surface area contributed by atoms with Gasteiger partial charge in [0.2, 0.25) is 0 Å². The van der Waals surface area contributed by atoms with Crippen molar-refractivity contribution in [2.45, 2.75) is 12.5 Å². The molecule has 2 rings (SSSR count). The van der Waals surface area contributed by atoms with Gasteiger partial charge in [0, 0.05) is 8.95 Å². The highest BCUT2D eigenvalue weighted by atomic mass is 79.9. The predicted molar refractivity (Wildman–Crippen MR) is 92.1 cm³/mol. The second-order valence-corrected chi connectivity index (χ2v) is 7.02. The van der Waals surface area contributed by atoms with Gasteiger partial charge in [-0.3, -0.25) is 11.3 Å². The van der Waals surface area contributed by atoms with Crippen molar-refractivity contribution >= 4 is 55.1 Å². The van der Waals surface area contributed by atoms with Crippen molar-refractivity contribution in [3.63, 3.8) is 0 Å². The molecule has 0 aliphatic carbocycles. The molecule has 0 radical (unpaired) electrons. The van der Waals surface area contributed by atoms with E-state index in [1.807, 2.05) is 30.3 Å². The van der Waals surface area contributed by atoms with Crippen molar-refractivity contribution in [3.8, 4) is 0 Å². The van der Waals surface area contributed by atoms with Crippen LogP contribution in [0.25, 0.3) is 0 Å². The van der Waals surface area contributed by atoms with Crippen molar-refractivity contribution in [2.24, 2.45) is 5.84 Å². The van der Waals surface area contributed by atoms with E-state index in [1.165, 1.54) is 0 Å². The average molecular weight is 439 g/mol. The van der Waals surface area contributed by atoms with Gasteiger partial charge in [0.05, 0.1) is 16.1 Å². The van der Waals surface area contributed by atoms with Crippen molar-refractivity contribution < 1.29 is 0 Å². The Labute approximate surface area is 144 Å². The summed E-state index contributed by atoms with van der Waals surface area (Å²) >= 11 is 18.9. The number of hydrogen-bond donors (Lipinski definition) is 2. The minimum absolute atomic E-state index is 0.0129. The second kappa shape index (κ2) is 7.25. The molecule has 0 saturated heterocycles. The lowest BCUT2D eigenvalue weighted by molar-refractivity contribution is 0.551. The van der Waals surface area contributed by atoms with Gasteiger partial charge in [0.25, 0.3) is 0 Å². The Kier molecular flexibility index (Phi) is 5.90. The maximum absolute atomic E-state index is 6.04. The van der Waals surface area contributed by atoms with Crippen molar-refractivity contribution in [2.75, 3.05) is 0 Å². The summed E-state index contributed by atoms with van der Waals surface area (Å²) in [6, 6.07) is 11.6. The predicted octanol–water partition coefficient (Wildman–Crippen LogP) is 5.27. The molecule has 106 valence electrons.